The van der Waals surface area contributed by atoms with Crippen LogP contribution < -0.4 is 0 Å². The average Bonchev–Trinajstić information content (AvgIpc) is 3.49. The van der Waals surface area contributed by atoms with E-state index < -0.39 is 15.6 Å². The SMILES string of the molecule is CC(C)c1cc(C(C)C)c(S(=O)(=O)n2cc3c4c(cccc42)[C@@]2(C)OCCN(C(=O)CN4CCN(Cc5ccccc5)CC4)[C@@H]2C3)c(C(C)C)c1. The van der Waals surface area contributed by atoms with Gasteiger partial charge in [-0.05, 0) is 70.5 Å². The molecule has 1 aliphatic carbocycles. The summed E-state index contributed by atoms with van der Waals surface area (Å²) in [6.45, 7) is 20.5. The van der Waals surface area contributed by atoms with Crippen molar-refractivity contribution in [3.05, 3.63) is 100 Å². The van der Waals surface area contributed by atoms with Crippen LogP contribution in [-0.2, 0) is 38.1 Å². The van der Waals surface area contributed by atoms with Gasteiger partial charge in [0.2, 0.25) is 5.91 Å². The van der Waals surface area contributed by atoms with Gasteiger partial charge in [-0.2, -0.15) is 0 Å². The summed E-state index contributed by atoms with van der Waals surface area (Å²) in [6.07, 6.45) is 2.36. The second kappa shape index (κ2) is 13.8. The monoisotopic (exact) mass is 710 g/mol. The number of piperazine rings is 1. The predicted molar refractivity (Wildman–Crippen MR) is 204 cm³/mol. The number of fused-ring (bicyclic) bond motifs is 2. The Hall–Kier alpha value is -3.50. The zero-order valence-electron chi connectivity index (χ0n) is 31.4. The minimum absolute atomic E-state index is 0.0279. The van der Waals surface area contributed by atoms with Gasteiger partial charge in [0.15, 0.2) is 0 Å². The first-order valence-electron chi connectivity index (χ1n) is 18.8. The van der Waals surface area contributed by atoms with Crippen molar-refractivity contribution in [3.63, 3.8) is 0 Å². The summed E-state index contributed by atoms with van der Waals surface area (Å²) in [5.41, 5.74) is 6.01. The van der Waals surface area contributed by atoms with E-state index in [1.807, 2.05) is 29.3 Å². The fourth-order valence-electron chi connectivity index (χ4n) is 8.59. The maximum Gasteiger partial charge on any atom is 0.268 e. The lowest BCUT2D eigenvalue weighted by molar-refractivity contribution is -0.168. The van der Waals surface area contributed by atoms with Crippen molar-refractivity contribution in [1.82, 2.24) is 18.7 Å². The van der Waals surface area contributed by atoms with Gasteiger partial charge in [0, 0.05) is 50.9 Å². The van der Waals surface area contributed by atoms with Gasteiger partial charge in [0.05, 0.1) is 29.6 Å². The van der Waals surface area contributed by atoms with Crippen molar-refractivity contribution < 1.29 is 17.9 Å². The number of nitrogens with zero attached hydrogens (tertiary/aromatic N) is 4. The van der Waals surface area contributed by atoms with E-state index in [-0.39, 0.29) is 29.7 Å². The molecular formula is C42H54N4O4S. The Kier molecular flexibility index (Phi) is 9.71. The molecule has 4 aromatic rings. The van der Waals surface area contributed by atoms with Crippen LogP contribution >= 0.6 is 0 Å². The Bertz CT molecular complexity index is 2000. The van der Waals surface area contributed by atoms with Crippen LogP contribution in [0.5, 0.6) is 0 Å². The molecule has 8 nitrogen and oxygen atoms in total. The summed E-state index contributed by atoms with van der Waals surface area (Å²) < 4.78 is 38.1. The molecule has 9 heteroatoms. The molecule has 51 heavy (non-hydrogen) atoms. The van der Waals surface area contributed by atoms with Crippen LogP contribution in [0.2, 0.25) is 0 Å². The third-order valence-electron chi connectivity index (χ3n) is 11.6. The summed E-state index contributed by atoms with van der Waals surface area (Å²) in [5.74, 6) is 0.453. The van der Waals surface area contributed by atoms with Crippen molar-refractivity contribution >= 4 is 26.8 Å². The summed E-state index contributed by atoms with van der Waals surface area (Å²) in [7, 11) is -3.98. The number of rotatable bonds is 9. The Morgan fingerprint density at radius 2 is 1.49 bits per heavy atom. The number of aromatic nitrogens is 1. The molecule has 2 saturated heterocycles. The Balaban J connectivity index is 1.19. The van der Waals surface area contributed by atoms with E-state index in [2.05, 4.69) is 101 Å². The normalized spacial score (nSPS) is 21.6. The summed E-state index contributed by atoms with van der Waals surface area (Å²) in [6, 6.07) is 20.4. The van der Waals surface area contributed by atoms with Crippen molar-refractivity contribution in [2.75, 3.05) is 45.9 Å². The molecular weight excluding hydrogens is 657 g/mol. The largest absolute Gasteiger partial charge is 0.367 e. The van der Waals surface area contributed by atoms with Crippen molar-refractivity contribution in [1.29, 1.82) is 0 Å². The first-order chi connectivity index (χ1) is 24.3. The molecule has 3 aliphatic rings. The summed E-state index contributed by atoms with van der Waals surface area (Å²) in [5, 5.41) is 0.930. The van der Waals surface area contributed by atoms with Crippen LogP contribution in [0.3, 0.4) is 0 Å². The van der Waals surface area contributed by atoms with Gasteiger partial charge < -0.3 is 9.64 Å². The Morgan fingerprint density at radius 3 is 2.12 bits per heavy atom. The smallest absolute Gasteiger partial charge is 0.268 e. The third-order valence-corrected chi connectivity index (χ3v) is 13.4. The van der Waals surface area contributed by atoms with Crippen LogP contribution in [-0.4, -0.2) is 84.9 Å². The molecule has 0 N–H and O–H groups in total. The number of carbonyl (C=O) groups excluding carboxylic acids is 1. The minimum Gasteiger partial charge on any atom is -0.367 e. The maximum absolute atomic E-state index is 15.0. The summed E-state index contributed by atoms with van der Waals surface area (Å²) in [4.78, 5) is 21.3. The molecule has 3 heterocycles. The van der Waals surface area contributed by atoms with E-state index in [9.17, 15) is 4.79 Å². The number of carbonyl (C=O) groups is 1. The predicted octanol–water partition coefficient (Wildman–Crippen LogP) is 7.07. The van der Waals surface area contributed by atoms with Crippen molar-refractivity contribution in [3.8, 4) is 0 Å². The van der Waals surface area contributed by atoms with Crippen LogP contribution in [0.15, 0.2) is 71.8 Å². The van der Waals surface area contributed by atoms with E-state index in [4.69, 9.17) is 4.74 Å². The zero-order chi connectivity index (χ0) is 36.2. The van der Waals surface area contributed by atoms with E-state index >= 15 is 8.42 Å². The lowest BCUT2D eigenvalue weighted by atomic mass is 9.75. The minimum atomic E-state index is -3.98. The standard InChI is InChI=1S/C42H54N4O4S/c1-28(2)32-22-34(29(3)4)41(35(23-32)30(5)6)51(48,49)46-26-33-24-38-42(7,36-14-11-15-37(46)40(33)36)50-21-20-45(38)39(47)27-44-18-16-43(17-19-44)25-31-12-9-8-10-13-31/h8-15,22-23,26,28-30,38H,16-21,24-25,27H2,1-7H3/t38-,42-/m1/s1. The topological polar surface area (TPSA) is 75.1 Å². The number of ether oxygens (including phenoxy) is 1. The van der Waals surface area contributed by atoms with Gasteiger partial charge in [-0.3, -0.25) is 14.6 Å². The van der Waals surface area contributed by atoms with E-state index in [1.54, 1.807) is 0 Å². The number of amides is 1. The molecule has 1 amide bonds. The molecule has 2 atom stereocenters. The van der Waals surface area contributed by atoms with Gasteiger partial charge in [0.1, 0.15) is 5.60 Å². The quantitative estimate of drug-likeness (QED) is 0.185. The lowest BCUT2D eigenvalue weighted by Crippen LogP contribution is -2.62. The van der Waals surface area contributed by atoms with Gasteiger partial charge >= 0.3 is 0 Å². The van der Waals surface area contributed by atoms with Crippen molar-refractivity contribution in [2.24, 2.45) is 0 Å². The van der Waals surface area contributed by atoms with Gasteiger partial charge in [0.25, 0.3) is 10.0 Å². The van der Waals surface area contributed by atoms with E-state index in [1.165, 1.54) is 9.54 Å². The highest BCUT2D eigenvalue weighted by Gasteiger charge is 2.50. The molecule has 3 aromatic carbocycles. The molecule has 0 bridgehead atoms. The molecule has 2 aliphatic heterocycles. The van der Waals surface area contributed by atoms with E-state index in [0.29, 0.717) is 36.5 Å². The average molecular weight is 711 g/mol. The molecule has 0 spiro atoms. The zero-order valence-corrected chi connectivity index (χ0v) is 32.2. The molecule has 0 saturated carbocycles. The fourth-order valence-corrected chi connectivity index (χ4v) is 10.7. The highest BCUT2D eigenvalue weighted by Crippen LogP contribution is 2.47. The molecule has 0 radical (unpaired) electrons. The Labute approximate surface area is 304 Å². The second-order valence-electron chi connectivity index (χ2n) is 15.9. The molecule has 1 aromatic heterocycles. The van der Waals surface area contributed by atoms with Crippen LogP contribution in [0.4, 0.5) is 0 Å². The maximum atomic E-state index is 15.0. The number of hydrogen-bond donors (Lipinski definition) is 0. The molecule has 2 fully saturated rings. The van der Waals surface area contributed by atoms with Gasteiger partial charge in [-0.1, -0.05) is 96.1 Å². The van der Waals surface area contributed by atoms with Crippen molar-refractivity contribution in [2.45, 2.75) is 95.7 Å². The van der Waals surface area contributed by atoms with E-state index in [0.717, 1.165) is 65.9 Å². The van der Waals surface area contributed by atoms with Crippen LogP contribution in [0, 0.1) is 0 Å². The summed E-state index contributed by atoms with van der Waals surface area (Å²) >= 11 is 0. The molecule has 7 rings (SSSR count). The third kappa shape index (κ3) is 6.45. The van der Waals surface area contributed by atoms with Crippen LogP contribution in [0.25, 0.3) is 10.9 Å². The fraction of sp³-hybridized carbons (Fsp3) is 0.500. The van der Waals surface area contributed by atoms with Crippen LogP contribution in [0.1, 0.15) is 99.6 Å². The Morgan fingerprint density at radius 1 is 0.843 bits per heavy atom. The first-order valence-corrected chi connectivity index (χ1v) is 20.2. The highest BCUT2D eigenvalue weighted by atomic mass is 32.2. The highest BCUT2D eigenvalue weighted by molar-refractivity contribution is 7.90. The number of morpholine rings is 1. The number of benzene rings is 3. The first kappa shape index (κ1) is 35.9. The van der Waals surface area contributed by atoms with Gasteiger partial charge in [-0.15, -0.1) is 0 Å². The molecule has 272 valence electrons. The second-order valence-corrected chi connectivity index (χ2v) is 17.7. The van der Waals surface area contributed by atoms with Gasteiger partial charge in [-0.25, -0.2) is 12.4 Å². The lowest BCUT2D eigenvalue weighted by Gasteiger charge is -2.51. The molecule has 0 unspecified atom stereocenters. The number of hydrogen-bond acceptors (Lipinski definition) is 6.